The lowest BCUT2D eigenvalue weighted by molar-refractivity contribution is -0.121. The summed E-state index contributed by atoms with van der Waals surface area (Å²) in [6.45, 7) is 0.496. The maximum absolute atomic E-state index is 12.1. The number of methoxy groups -OCH3 is 2. The molecule has 146 valence electrons. The lowest BCUT2D eigenvalue weighted by Crippen LogP contribution is -2.27. The molecule has 28 heavy (non-hydrogen) atoms. The number of hydrogen-bond donors (Lipinski definition) is 2. The molecule has 0 radical (unpaired) electrons. The first-order valence-electron chi connectivity index (χ1n) is 9.06. The van der Waals surface area contributed by atoms with Crippen molar-refractivity contribution in [3.63, 3.8) is 0 Å². The number of carbonyl (C=O) groups is 1. The summed E-state index contributed by atoms with van der Waals surface area (Å²) in [4.78, 5) is 31.4. The molecule has 0 aliphatic heterocycles. The minimum absolute atomic E-state index is 0.116. The summed E-state index contributed by atoms with van der Waals surface area (Å²) in [7, 11) is 3.18. The molecule has 2 aromatic carbocycles. The number of aromatic nitrogens is 2. The number of H-pyrrole nitrogens is 1. The molecule has 0 fully saturated rings. The lowest BCUT2D eigenvalue weighted by atomic mass is 10.1. The second-order valence-electron chi connectivity index (χ2n) is 6.32. The number of nitrogens with zero attached hydrogens (tertiary/aromatic N) is 1. The van der Waals surface area contributed by atoms with Crippen LogP contribution in [0.15, 0.2) is 47.3 Å². The van der Waals surface area contributed by atoms with E-state index in [2.05, 4.69) is 15.3 Å². The van der Waals surface area contributed by atoms with Gasteiger partial charge in [0.25, 0.3) is 5.56 Å². The highest BCUT2D eigenvalue weighted by molar-refractivity contribution is 5.76. The first-order chi connectivity index (χ1) is 13.6. The highest BCUT2D eigenvalue weighted by Gasteiger charge is 2.09. The van der Waals surface area contributed by atoms with Crippen molar-refractivity contribution in [2.24, 2.45) is 0 Å². The van der Waals surface area contributed by atoms with Gasteiger partial charge in [-0.05, 0) is 36.2 Å². The number of para-hydroxylation sites is 2. The molecule has 0 saturated heterocycles. The maximum Gasteiger partial charge on any atom is 0.270 e. The number of nitrogens with one attached hydrogen (secondary N) is 2. The molecule has 7 heteroatoms. The van der Waals surface area contributed by atoms with Crippen LogP contribution in [0.25, 0.3) is 11.0 Å². The van der Waals surface area contributed by atoms with Crippen LogP contribution in [0, 0.1) is 0 Å². The molecule has 3 rings (SSSR count). The number of fused-ring (bicyclic) bond motifs is 1. The molecule has 1 heterocycles. The van der Waals surface area contributed by atoms with Gasteiger partial charge in [-0.3, -0.25) is 9.59 Å². The fraction of sp³-hybridized carbons (Fsp3) is 0.286. The van der Waals surface area contributed by atoms with E-state index in [9.17, 15) is 9.59 Å². The van der Waals surface area contributed by atoms with Crippen molar-refractivity contribution in [1.82, 2.24) is 15.3 Å². The Hall–Kier alpha value is -3.35. The van der Waals surface area contributed by atoms with Gasteiger partial charge in [0, 0.05) is 19.4 Å². The third-order valence-electron chi connectivity index (χ3n) is 4.44. The molecule has 7 nitrogen and oxygen atoms in total. The highest BCUT2D eigenvalue weighted by atomic mass is 16.5. The zero-order valence-corrected chi connectivity index (χ0v) is 16.0. The number of ether oxygens (including phenoxy) is 2. The van der Waals surface area contributed by atoms with Crippen LogP contribution < -0.4 is 20.3 Å². The van der Waals surface area contributed by atoms with Gasteiger partial charge in [-0.2, -0.15) is 0 Å². The van der Waals surface area contributed by atoms with Crippen molar-refractivity contribution in [3.8, 4) is 11.5 Å². The molecule has 1 aromatic heterocycles. The monoisotopic (exact) mass is 381 g/mol. The third kappa shape index (κ3) is 4.68. The Morgan fingerprint density at radius 1 is 1.07 bits per heavy atom. The average molecular weight is 381 g/mol. The maximum atomic E-state index is 12.1. The SMILES string of the molecule is COc1ccc(CCNC(=O)CCc2nc3ccccc3[nH]c2=O)cc1OC. The molecule has 0 aliphatic rings. The summed E-state index contributed by atoms with van der Waals surface area (Å²) >= 11 is 0. The molecule has 0 unspecified atom stereocenters. The molecule has 0 spiro atoms. The summed E-state index contributed by atoms with van der Waals surface area (Å²) in [5.74, 6) is 1.21. The van der Waals surface area contributed by atoms with Crippen molar-refractivity contribution in [2.75, 3.05) is 20.8 Å². The fourth-order valence-electron chi connectivity index (χ4n) is 2.94. The highest BCUT2D eigenvalue weighted by Crippen LogP contribution is 2.27. The molecule has 0 atom stereocenters. The van der Waals surface area contributed by atoms with Gasteiger partial charge in [0.05, 0.1) is 25.3 Å². The average Bonchev–Trinajstić information content (AvgIpc) is 2.72. The molecule has 1 amide bonds. The standard InChI is InChI=1S/C21H23N3O4/c1-27-18-9-7-14(13-19(18)28-2)11-12-22-20(25)10-8-17-21(26)24-16-6-4-3-5-15(16)23-17/h3-7,9,13H,8,10-12H2,1-2H3,(H,22,25)(H,24,26). The van der Waals surface area contributed by atoms with Crippen LogP contribution in [-0.4, -0.2) is 36.6 Å². The van der Waals surface area contributed by atoms with Crippen molar-refractivity contribution >= 4 is 16.9 Å². The summed E-state index contributed by atoms with van der Waals surface area (Å²) < 4.78 is 10.5. The van der Waals surface area contributed by atoms with Crippen LogP contribution in [0.2, 0.25) is 0 Å². The molecular weight excluding hydrogens is 358 g/mol. The Kier molecular flexibility index (Phi) is 6.26. The van der Waals surface area contributed by atoms with Crippen molar-refractivity contribution < 1.29 is 14.3 Å². The van der Waals surface area contributed by atoms with Crippen molar-refractivity contribution in [2.45, 2.75) is 19.3 Å². The van der Waals surface area contributed by atoms with Crippen molar-refractivity contribution in [1.29, 1.82) is 0 Å². The second kappa shape index (κ2) is 9.03. The lowest BCUT2D eigenvalue weighted by Gasteiger charge is -2.10. The first-order valence-corrected chi connectivity index (χ1v) is 9.06. The second-order valence-corrected chi connectivity index (χ2v) is 6.32. The Labute approximate surface area is 162 Å². The number of rotatable bonds is 8. The van der Waals surface area contributed by atoms with Gasteiger partial charge in [-0.15, -0.1) is 0 Å². The fourth-order valence-corrected chi connectivity index (χ4v) is 2.94. The molecule has 3 aromatic rings. The van der Waals surface area contributed by atoms with E-state index in [4.69, 9.17) is 9.47 Å². The minimum atomic E-state index is -0.253. The number of aryl methyl sites for hydroxylation is 1. The van der Waals surface area contributed by atoms with E-state index in [1.165, 1.54) is 0 Å². The number of aromatic amines is 1. The van der Waals surface area contributed by atoms with E-state index in [0.717, 1.165) is 5.56 Å². The Bertz CT molecular complexity index is 1030. The smallest absolute Gasteiger partial charge is 0.270 e. The molecule has 2 N–H and O–H groups in total. The molecule has 0 bridgehead atoms. The Morgan fingerprint density at radius 3 is 2.64 bits per heavy atom. The number of carbonyl (C=O) groups excluding carboxylic acids is 1. The minimum Gasteiger partial charge on any atom is -0.493 e. The van der Waals surface area contributed by atoms with Gasteiger partial charge in [-0.1, -0.05) is 18.2 Å². The first kappa shape index (κ1) is 19.4. The Morgan fingerprint density at radius 2 is 1.86 bits per heavy atom. The van der Waals surface area contributed by atoms with Crippen LogP contribution >= 0.6 is 0 Å². The van der Waals surface area contributed by atoms with E-state index < -0.39 is 0 Å². The van der Waals surface area contributed by atoms with Crippen LogP contribution in [0.1, 0.15) is 17.7 Å². The van der Waals surface area contributed by atoms with Gasteiger partial charge in [0.1, 0.15) is 5.69 Å². The topological polar surface area (TPSA) is 93.3 Å². The van der Waals surface area contributed by atoms with E-state index >= 15 is 0 Å². The van der Waals surface area contributed by atoms with Gasteiger partial charge in [0.2, 0.25) is 5.91 Å². The van der Waals surface area contributed by atoms with E-state index in [-0.39, 0.29) is 17.9 Å². The number of hydrogen-bond acceptors (Lipinski definition) is 5. The number of amides is 1. The van der Waals surface area contributed by atoms with Gasteiger partial charge < -0.3 is 19.8 Å². The van der Waals surface area contributed by atoms with Crippen LogP contribution in [-0.2, 0) is 17.6 Å². The van der Waals surface area contributed by atoms with Gasteiger partial charge in [0.15, 0.2) is 11.5 Å². The molecule has 0 aliphatic carbocycles. The normalized spacial score (nSPS) is 10.6. The predicted molar refractivity (Wildman–Crippen MR) is 107 cm³/mol. The number of benzene rings is 2. The van der Waals surface area contributed by atoms with Crippen LogP contribution in [0.3, 0.4) is 0 Å². The van der Waals surface area contributed by atoms with Gasteiger partial charge in [-0.25, -0.2) is 4.98 Å². The largest absolute Gasteiger partial charge is 0.493 e. The molecule has 0 saturated carbocycles. The van der Waals surface area contributed by atoms with Crippen molar-refractivity contribution in [3.05, 3.63) is 64.1 Å². The predicted octanol–water partition coefficient (Wildman–Crippen LogP) is 2.23. The third-order valence-corrected chi connectivity index (χ3v) is 4.44. The quantitative estimate of drug-likeness (QED) is 0.624. The van der Waals surface area contributed by atoms with Gasteiger partial charge >= 0.3 is 0 Å². The van der Waals surface area contributed by atoms with E-state index in [0.29, 0.717) is 47.6 Å². The van der Waals surface area contributed by atoms with Crippen LogP contribution in [0.4, 0.5) is 0 Å². The summed E-state index contributed by atoms with van der Waals surface area (Å²) in [6.07, 6.45) is 1.17. The molecular formula is C21H23N3O4. The summed E-state index contributed by atoms with van der Waals surface area (Å²) in [6, 6.07) is 13.0. The Balaban J connectivity index is 1.51. The summed E-state index contributed by atoms with van der Waals surface area (Å²) in [5.41, 5.74) is 2.55. The zero-order chi connectivity index (χ0) is 19.9. The zero-order valence-electron chi connectivity index (χ0n) is 16.0. The summed E-state index contributed by atoms with van der Waals surface area (Å²) in [5, 5.41) is 2.87. The van der Waals surface area contributed by atoms with E-state index in [1.807, 2.05) is 36.4 Å². The van der Waals surface area contributed by atoms with Crippen LogP contribution in [0.5, 0.6) is 11.5 Å². The van der Waals surface area contributed by atoms with E-state index in [1.54, 1.807) is 20.3 Å².